The fraction of sp³-hybridized carbons (Fsp3) is 0.406. The van der Waals surface area contributed by atoms with Gasteiger partial charge in [-0.25, -0.2) is 0 Å². The van der Waals surface area contributed by atoms with Crippen LogP contribution in [0.4, 0.5) is 13.2 Å². The van der Waals surface area contributed by atoms with Crippen molar-refractivity contribution in [2.24, 2.45) is 0 Å². The summed E-state index contributed by atoms with van der Waals surface area (Å²) in [6.45, 7) is 8.26. The quantitative estimate of drug-likeness (QED) is 0.407. The monoisotopic (exact) mass is 550 g/mol. The number of carbonyl (C=O) groups is 1. The molecule has 1 N–H and O–H groups in total. The van der Waals surface area contributed by atoms with Gasteiger partial charge in [-0.2, -0.15) is 13.2 Å². The van der Waals surface area contributed by atoms with Crippen molar-refractivity contribution in [3.8, 4) is 0 Å². The lowest BCUT2D eigenvalue weighted by Crippen LogP contribution is -2.45. The molecule has 212 valence electrons. The molecule has 1 amide bonds. The highest BCUT2D eigenvalue weighted by Gasteiger charge is 2.30. The van der Waals surface area contributed by atoms with E-state index in [9.17, 15) is 18.0 Å². The number of halogens is 3. The van der Waals surface area contributed by atoms with Crippen molar-refractivity contribution < 1.29 is 18.0 Å². The summed E-state index contributed by atoms with van der Waals surface area (Å²) >= 11 is 0. The maximum atomic E-state index is 12.9. The molecule has 0 bridgehead atoms. The molecule has 5 nitrogen and oxygen atoms in total. The van der Waals surface area contributed by atoms with Crippen LogP contribution < -0.4 is 5.32 Å². The van der Waals surface area contributed by atoms with Crippen LogP contribution >= 0.6 is 0 Å². The van der Waals surface area contributed by atoms with Gasteiger partial charge in [-0.3, -0.25) is 19.5 Å². The van der Waals surface area contributed by atoms with Crippen LogP contribution in [0.3, 0.4) is 0 Å². The van der Waals surface area contributed by atoms with E-state index in [-0.39, 0.29) is 11.9 Å². The van der Waals surface area contributed by atoms with Gasteiger partial charge in [-0.15, -0.1) is 0 Å². The number of carbonyl (C=O) groups excluding carboxylic acids is 1. The van der Waals surface area contributed by atoms with Gasteiger partial charge in [0.05, 0.1) is 5.56 Å². The van der Waals surface area contributed by atoms with Crippen molar-refractivity contribution >= 4 is 5.91 Å². The van der Waals surface area contributed by atoms with Crippen LogP contribution in [0, 0.1) is 0 Å². The molecule has 0 aliphatic carbocycles. The Kier molecular flexibility index (Phi) is 9.19. The van der Waals surface area contributed by atoms with Crippen LogP contribution in [-0.2, 0) is 25.8 Å². The van der Waals surface area contributed by atoms with Gasteiger partial charge in [0, 0.05) is 70.5 Å². The fourth-order valence-corrected chi connectivity index (χ4v) is 5.53. The van der Waals surface area contributed by atoms with E-state index in [1.165, 1.54) is 11.1 Å². The zero-order chi connectivity index (χ0) is 28.0. The largest absolute Gasteiger partial charge is 0.416 e. The van der Waals surface area contributed by atoms with Crippen LogP contribution in [-0.4, -0.2) is 65.9 Å². The molecule has 2 aliphatic heterocycles. The third-order valence-corrected chi connectivity index (χ3v) is 7.95. The lowest BCUT2D eigenvalue weighted by Gasteiger charge is -2.34. The summed E-state index contributed by atoms with van der Waals surface area (Å²) in [5.41, 5.74) is 3.48. The van der Waals surface area contributed by atoms with Gasteiger partial charge >= 0.3 is 6.18 Å². The maximum Gasteiger partial charge on any atom is 0.416 e. The lowest BCUT2D eigenvalue weighted by atomic mass is 10.0. The van der Waals surface area contributed by atoms with E-state index < -0.39 is 11.7 Å². The van der Waals surface area contributed by atoms with E-state index in [1.54, 1.807) is 12.1 Å². The Hall–Kier alpha value is -3.20. The zero-order valence-electron chi connectivity index (χ0n) is 22.7. The molecule has 5 rings (SSSR count). The van der Waals surface area contributed by atoms with Gasteiger partial charge < -0.3 is 5.32 Å². The summed E-state index contributed by atoms with van der Waals surface area (Å²) in [5, 5.41) is 3.16. The molecule has 0 unspecified atom stereocenters. The number of nitrogens with one attached hydrogen (secondary N) is 1. The smallest absolute Gasteiger partial charge is 0.349 e. The highest BCUT2D eigenvalue weighted by molar-refractivity contribution is 5.94. The van der Waals surface area contributed by atoms with Crippen molar-refractivity contribution in [3.63, 3.8) is 0 Å². The first-order valence-electron chi connectivity index (χ1n) is 14.1. The van der Waals surface area contributed by atoms with Crippen molar-refractivity contribution in [3.05, 3.63) is 107 Å². The number of alkyl halides is 3. The highest BCUT2D eigenvalue weighted by atomic mass is 19.4. The number of nitrogens with zero attached hydrogens (tertiary/aromatic N) is 3. The summed E-state index contributed by atoms with van der Waals surface area (Å²) in [4.78, 5) is 20.0. The fourth-order valence-electron chi connectivity index (χ4n) is 5.53. The number of piperazine rings is 1. The molecule has 3 aromatic carbocycles. The zero-order valence-corrected chi connectivity index (χ0v) is 22.7. The van der Waals surface area contributed by atoms with Gasteiger partial charge in [-0.05, 0) is 53.8 Å². The molecule has 0 spiro atoms. The Morgan fingerprint density at radius 3 is 1.60 bits per heavy atom. The number of likely N-dealkylation sites (tertiary alicyclic amines) is 1. The van der Waals surface area contributed by atoms with Gasteiger partial charge in [0.25, 0.3) is 5.91 Å². The minimum absolute atomic E-state index is 0.0535. The first-order valence-corrected chi connectivity index (χ1v) is 14.1. The molecule has 2 saturated heterocycles. The number of hydrogen-bond acceptors (Lipinski definition) is 4. The number of benzene rings is 3. The van der Waals surface area contributed by atoms with Gasteiger partial charge in [-0.1, -0.05) is 54.6 Å². The Bertz CT molecular complexity index is 1220. The first kappa shape index (κ1) is 28.3. The summed E-state index contributed by atoms with van der Waals surface area (Å²) in [6.07, 6.45) is -2.67. The Morgan fingerprint density at radius 2 is 1.10 bits per heavy atom. The highest BCUT2D eigenvalue weighted by Crippen LogP contribution is 2.29. The molecule has 2 heterocycles. The molecule has 0 saturated carbocycles. The number of amides is 1. The average Bonchev–Trinajstić information content (AvgIpc) is 2.96. The third kappa shape index (κ3) is 7.93. The predicted octanol–water partition coefficient (Wildman–Crippen LogP) is 5.42. The molecule has 8 heteroatoms. The van der Waals surface area contributed by atoms with Crippen LogP contribution in [0.5, 0.6) is 0 Å². The molecule has 0 radical (unpaired) electrons. The summed E-state index contributed by atoms with van der Waals surface area (Å²) in [5.74, 6) is -0.0535. The molecule has 0 aromatic heterocycles. The molecule has 3 aromatic rings. The number of rotatable bonds is 8. The van der Waals surface area contributed by atoms with E-state index in [0.717, 1.165) is 82.9 Å². The van der Waals surface area contributed by atoms with Crippen molar-refractivity contribution in [1.82, 2.24) is 20.0 Å². The molecule has 0 atom stereocenters. The maximum absolute atomic E-state index is 12.9. The normalized spacial score (nSPS) is 18.1. The van der Waals surface area contributed by atoms with Crippen molar-refractivity contribution in [1.29, 1.82) is 0 Å². The van der Waals surface area contributed by atoms with Crippen LogP contribution in [0.15, 0.2) is 78.9 Å². The number of hydrogen-bond donors (Lipinski definition) is 1. The lowest BCUT2D eigenvalue weighted by molar-refractivity contribution is -0.137. The summed E-state index contributed by atoms with van der Waals surface area (Å²) < 4.78 is 38.4. The Morgan fingerprint density at radius 1 is 0.650 bits per heavy atom. The second-order valence-corrected chi connectivity index (χ2v) is 11.0. The van der Waals surface area contributed by atoms with Crippen LogP contribution in [0.2, 0.25) is 0 Å². The van der Waals surface area contributed by atoms with Gasteiger partial charge in [0.15, 0.2) is 0 Å². The van der Waals surface area contributed by atoms with Gasteiger partial charge in [0.2, 0.25) is 0 Å². The van der Waals surface area contributed by atoms with E-state index in [2.05, 4.69) is 62.5 Å². The predicted molar refractivity (Wildman–Crippen MR) is 151 cm³/mol. The molecular weight excluding hydrogens is 513 g/mol. The van der Waals surface area contributed by atoms with Crippen molar-refractivity contribution in [2.75, 3.05) is 39.3 Å². The summed E-state index contributed by atoms with van der Waals surface area (Å²) in [7, 11) is 0. The topological polar surface area (TPSA) is 38.8 Å². The second-order valence-electron chi connectivity index (χ2n) is 11.0. The molecule has 2 fully saturated rings. The SMILES string of the molecule is O=C(NC1CCN(Cc2ccc(C(F)(F)F)cc2)CC1)c1ccc(CN2CCN(Cc3ccccc3)CC2)cc1. The summed E-state index contributed by atoms with van der Waals surface area (Å²) in [6, 6.07) is 24.0. The van der Waals surface area contributed by atoms with Crippen LogP contribution in [0.1, 0.15) is 45.5 Å². The Balaban J connectivity index is 1.02. The van der Waals surface area contributed by atoms with Crippen LogP contribution in [0.25, 0.3) is 0 Å². The van der Waals surface area contributed by atoms with E-state index in [0.29, 0.717) is 12.1 Å². The second kappa shape index (κ2) is 13.0. The van der Waals surface area contributed by atoms with Gasteiger partial charge in [0.1, 0.15) is 0 Å². The molecule has 40 heavy (non-hydrogen) atoms. The minimum atomic E-state index is -4.31. The number of piperidine rings is 1. The third-order valence-electron chi connectivity index (χ3n) is 7.95. The van der Waals surface area contributed by atoms with E-state index in [1.807, 2.05) is 12.1 Å². The van der Waals surface area contributed by atoms with E-state index >= 15 is 0 Å². The molecule has 2 aliphatic rings. The first-order chi connectivity index (χ1) is 19.3. The standard InChI is InChI=1S/C32H37F3N4O/c33-32(34,35)29-12-8-27(9-13-29)23-37-16-14-30(15-17-37)36-31(40)28-10-6-26(7-11-28)24-39-20-18-38(19-21-39)22-25-4-2-1-3-5-25/h1-13,30H,14-24H2,(H,36,40). The molecular formula is C32H37F3N4O. The Labute approximate surface area is 234 Å². The van der Waals surface area contributed by atoms with Crippen molar-refractivity contribution in [2.45, 2.75) is 44.7 Å². The minimum Gasteiger partial charge on any atom is -0.349 e. The van der Waals surface area contributed by atoms with E-state index in [4.69, 9.17) is 0 Å². The average molecular weight is 551 g/mol.